The van der Waals surface area contributed by atoms with E-state index in [-0.39, 0.29) is 36.0 Å². The molecule has 2 heterocycles. The Labute approximate surface area is 205 Å². The molecule has 35 heavy (non-hydrogen) atoms. The fraction of sp³-hybridized carbons (Fsp3) is 0.593. The molecular weight excluding hydrogens is 446 g/mol. The Kier molecular flexibility index (Phi) is 6.82. The predicted molar refractivity (Wildman–Crippen MR) is 131 cm³/mol. The Morgan fingerprint density at radius 1 is 1.23 bits per heavy atom. The van der Waals surface area contributed by atoms with Crippen molar-refractivity contribution in [3.63, 3.8) is 0 Å². The van der Waals surface area contributed by atoms with Gasteiger partial charge in [-0.05, 0) is 62.1 Å². The third kappa shape index (κ3) is 4.56. The number of likely N-dealkylation sites (tertiary alicyclic amines) is 1. The van der Waals surface area contributed by atoms with Gasteiger partial charge >= 0.3 is 0 Å². The number of carbonyl (C=O) groups excluding carboxylic acids is 3. The second-order valence-electron chi connectivity index (χ2n) is 10.4. The number of methoxy groups -OCH3 is 1. The largest absolute Gasteiger partial charge is 0.496 e. The van der Waals surface area contributed by atoms with Crippen LogP contribution >= 0.6 is 0 Å². The first kappa shape index (κ1) is 23.9. The van der Waals surface area contributed by atoms with Crippen molar-refractivity contribution >= 4 is 28.5 Å². The minimum Gasteiger partial charge on any atom is -0.496 e. The maximum absolute atomic E-state index is 13.7. The Hall–Kier alpha value is -2.87. The zero-order valence-corrected chi connectivity index (χ0v) is 20.3. The summed E-state index contributed by atoms with van der Waals surface area (Å²) in [5.74, 6) is 0.822. The van der Waals surface area contributed by atoms with Crippen molar-refractivity contribution in [3.05, 3.63) is 30.0 Å². The fourth-order valence-corrected chi connectivity index (χ4v) is 6.54. The van der Waals surface area contributed by atoms with Crippen molar-refractivity contribution in [3.8, 4) is 5.75 Å². The van der Waals surface area contributed by atoms with Gasteiger partial charge in [0.1, 0.15) is 23.3 Å². The molecule has 5 atom stereocenters. The molecule has 5 rings (SSSR count). The molecular formula is C27H35N3O5. The molecule has 3 N–H and O–H groups in total. The van der Waals surface area contributed by atoms with E-state index in [1.165, 1.54) is 0 Å². The summed E-state index contributed by atoms with van der Waals surface area (Å²) in [6, 6.07) is 6.37. The van der Waals surface area contributed by atoms with E-state index in [0.717, 1.165) is 49.4 Å². The third-order valence-corrected chi connectivity index (χ3v) is 8.31. The molecule has 1 aliphatic heterocycles. The summed E-state index contributed by atoms with van der Waals surface area (Å²) in [6.07, 6.45) is 6.77. The van der Waals surface area contributed by atoms with Crippen LogP contribution < -0.4 is 10.1 Å². The number of aliphatic hydroxyl groups excluding tert-OH is 1. The zero-order valence-electron chi connectivity index (χ0n) is 20.3. The van der Waals surface area contributed by atoms with Crippen molar-refractivity contribution in [2.75, 3.05) is 20.3 Å². The van der Waals surface area contributed by atoms with E-state index in [9.17, 15) is 19.5 Å². The first-order chi connectivity index (χ1) is 17.0. The SMILES string of the molecule is COc1cccc2[nH]c(C(=O)N3C[C@@H]4CCC[C@@H]4[C@H]3C(=O)N[C@H](CO)C[C@@H]3CCCCC3=O)cc12. The van der Waals surface area contributed by atoms with Crippen LogP contribution in [0.5, 0.6) is 5.75 Å². The lowest BCUT2D eigenvalue weighted by Gasteiger charge is -2.30. The van der Waals surface area contributed by atoms with E-state index < -0.39 is 12.1 Å². The second kappa shape index (κ2) is 10.0. The quantitative estimate of drug-likeness (QED) is 0.563. The highest BCUT2D eigenvalue weighted by molar-refractivity contribution is 6.02. The Balaban J connectivity index is 1.35. The van der Waals surface area contributed by atoms with Gasteiger partial charge in [0, 0.05) is 29.8 Å². The van der Waals surface area contributed by atoms with Gasteiger partial charge < -0.3 is 25.0 Å². The molecule has 0 bridgehead atoms. The number of H-pyrrole nitrogens is 1. The molecule has 0 spiro atoms. The number of hydrogen-bond acceptors (Lipinski definition) is 5. The Bertz CT molecular complexity index is 1110. The number of ether oxygens (including phenoxy) is 1. The van der Waals surface area contributed by atoms with E-state index >= 15 is 0 Å². The van der Waals surface area contributed by atoms with Crippen molar-refractivity contribution in [2.24, 2.45) is 17.8 Å². The highest BCUT2D eigenvalue weighted by Gasteiger charge is 2.50. The number of nitrogens with one attached hydrogen (secondary N) is 2. The van der Waals surface area contributed by atoms with E-state index in [4.69, 9.17) is 4.74 Å². The lowest BCUT2D eigenvalue weighted by atomic mass is 9.83. The van der Waals surface area contributed by atoms with Crippen LogP contribution in [0.15, 0.2) is 24.3 Å². The van der Waals surface area contributed by atoms with Gasteiger partial charge in [0.25, 0.3) is 5.91 Å². The van der Waals surface area contributed by atoms with Crippen LogP contribution in [0.25, 0.3) is 10.9 Å². The molecule has 1 aromatic carbocycles. The summed E-state index contributed by atoms with van der Waals surface area (Å²) in [7, 11) is 1.60. The Morgan fingerprint density at radius 3 is 2.86 bits per heavy atom. The molecule has 3 fully saturated rings. The summed E-state index contributed by atoms with van der Waals surface area (Å²) >= 11 is 0. The lowest BCUT2D eigenvalue weighted by molar-refractivity contribution is -0.129. The fourth-order valence-electron chi connectivity index (χ4n) is 6.54. The molecule has 2 aromatic rings. The van der Waals surface area contributed by atoms with E-state index in [1.54, 1.807) is 18.1 Å². The average Bonchev–Trinajstić information content (AvgIpc) is 3.58. The number of carbonyl (C=O) groups is 3. The zero-order chi connectivity index (χ0) is 24.5. The summed E-state index contributed by atoms with van der Waals surface area (Å²) in [5, 5.41) is 13.8. The van der Waals surface area contributed by atoms with Gasteiger partial charge in [-0.15, -0.1) is 0 Å². The molecule has 8 nitrogen and oxygen atoms in total. The first-order valence-electron chi connectivity index (χ1n) is 12.9. The number of amides is 2. The van der Waals surface area contributed by atoms with Gasteiger partial charge in [-0.3, -0.25) is 14.4 Å². The standard InChI is InChI=1S/C27H35N3O5/c1-35-24-11-5-9-21-20(24)13-22(29-21)27(34)30-14-17-7-4-8-19(17)25(30)26(33)28-18(15-31)12-16-6-2-3-10-23(16)32/h5,9,11,13,16-19,25,29,31H,2-4,6-8,10,12,14-15H2,1H3,(H,28,33)/t16-,17-,18-,19-,25-/m0/s1. The van der Waals surface area contributed by atoms with E-state index in [2.05, 4.69) is 10.3 Å². The molecule has 1 aromatic heterocycles. The maximum Gasteiger partial charge on any atom is 0.271 e. The molecule has 0 radical (unpaired) electrons. The van der Waals surface area contributed by atoms with Gasteiger partial charge in [-0.2, -0.15) is 0 Å². The predicted octanol–water partition coefficient (Wildman–Crippen LogP) is 3.04. The van der Waals surface area contributed by atoms with Gasteiger partial charge in [-0.25, -0.2) is 0 Å². The van der Waals surface area contributed by atoms with Crippen LogP contribution in [-0.4, -0.2) is 64.9 Å². The number of ketones is 1. The van der Waals surface area contributed by atoms with Crippen LogP contribution in [0.3, 0.4) is 0 Å². The molecule has 2 aliphatic carbocycles. The van der Waals surface area contributed by atoms with E-state index in [1.807, 2.05) is 18.2 Å². The van der Waals surface area contributed by atoms with E-state index in [0.29, 0.717) is 36.7 Å². The molecule has 2 amide bonds. The molecule has 8 heteroatoms. The summed E-state index contributed by atoms with van der Waals surface area (Å²) < 4.78 is 5.44. The smallest absolute Gasteiger partial charge is 0.271 e. The average molecular weight is 482 g/mol. The maximum atomic E-state index is 13.7. The van der Waals surface area contributed by atoms with Gasteiger partial charge in [0.05, 0.1) is 19.8 Å². The number of fused-ring (bicyclic) bond motifs is 2. The summed E-state index contributed by atoms with van der Waals surface area (Å²) in [4.78, 5) is 44.4. The van der Waals surface area contributed by atoms with Crippen LogP contribution in [0.4, 0.5) is 0 Å². The minimum atomic E-state index is -0.570. The molecule has 0 unspecified atom stereocenters. The second-order valence-corrected chi connectivity index (χ2v) is 10.4. The number of aliphatic hydroxyl groups is 1. The number of rotatable bonds is 7. The van der Waals surface area contributed by atoms with Crippen LogP contribution in [0, 0.1) is 17.8 Å². The lowest BCUT2D eigenvalue weighted by Crippen LogP contribution is -2.52. The molecule has 188 valence electrons. The van der Waals surface area contributed by atoms with Crippen molar-refractivity contribution in [1.29, 1.82) is 0 Å². The number of aromatic nitrogens is 1. The van der Waals surface area contributed by atoms with Crippen molar-refractivity contribution in [1.82, 2.24) is 15.2 Å². The molecule has 3 aliphatic rings. The van der Waals surface area contributed by atoms with Gasteiger partial charge in [0.15, 0.2) is 0 Å². The normalized spacial score (nSPS) is 27.1. The third-order valence-electron chi connectivity index (χ3n) is 8.31. The number of aromatic amines is 1. The van der Waals surface area contributed by atoms with Crippen LogP contribution in [0.2, 0.25) is 0 Å². The van der Waals surface area contributed by atoms with Gasteiger partial charge in [0.2, 0.25) is 5.91 Å². The first-order valence-corrected chi connectivity index (χ1v) is 12.9. The molecule has 1 saturated heterocycles. The number of Topliss-reactive ketones (excluding diaryl/α,β-unsaturated/α-hetero) is 1. The summed E-state index contributed by atoms with van der Waals surface area (Å²) in [6.45, 7) is 0.338. The highest BCUT2D eigenvalue weighted by Crippen LogP contribution is 2.43. The Morgan fingerprint density at radius 2 is 2.09 bits per heavy atom. The number of hydrogen-bond donors (Lipinski definition) is 3. The van der Waals surface area contributed by atoms with Crippen molar-refractivity contribution in [2.45, 2.75) is 63.5 Å². The van der Waals surface area contributed by atoms with Gasteiger partial charge in [-0.1, -0.05) is 18.9 Å². The number of benzene rings is 1. The topological polar surface area (TPSA) is 112 Å². The van der Waals surface area contributed by atoms with Crippen LogP contribution in [0.1, 0.15) is 61.9 Å². The monoisotopic (exact) mass is 481 g/mol. The number of nitrogens with zero attached hydrogens (tertiary/aromatic N) is 1. The highest BCUT2D eigenvalue weighted by atomic mass is 16.5. The van der Waals surface area contributed by atoms with Crippen molar-refractivity contribution < 1.29 is 24.2 Å². The van der Waals surface area contributed by atoms with Crippen LogP contribution in [-0.2, 0) is 9.59 Å². The summed E-state index contributed by atoms with van der Waals surface area (Å²) in [5.41, 5.74) is 1.25. The molecule has 2 saturated carbocycles. The minimum absolute atomic E-state index is 0.108.